The number of β-amino-alcohol motifs (C(OH)–C–C–N with tert-alkyl or cyclic N) is 1. The minimum Gasteiger partial charge on any atom is -0.390 e. The number of hydrogen-bond donors (Lipinski definition) is 3. The first-order valence-corrected chi connectivity index (χ1v) is 9.62. The molecule has 9 heteroatoms. The van der Waals surface area contributed by atoms with E-state index in [0.717, 1.165) is 43.1 Å². The van der Waals surface area contributed by atoms with Gasteiger partial charge in [0.1, 0.15) is 5.65 Å². The van der Waals surface area contributed by atoms with Gasteiger partial charge in [-0.05, 0) is 12.1 Å². The van der Waals surface area contributed by atoms with E-state index in [4.69, 9.17) is 0 Å². The first kappa shape index (κ1) is 24.1. The van der Waals surface area contributed by atoms with E-state index in [0.29, 0.717) is 12.1 Å². The fourth-order valence-corrected chi connectivity index (χ4v) is 3.44. The SMILES string of the molecule is Cl.Cl.O=C(NCC(O)CN1CCNCC1)c1ccc2nc(-c3ccccc3)cn2c1. The van der Waals surface area contributed by atoms with Crippen molar-refractivity contribution < 1.29 is 9.90 Å². The first-order valence-electron chi connectivity index (χ1n) is 9.62. The number of imidazole rings is 1. The normalized spacial score (nSPS) is 15.1. The van der Waals surface area contributed by atoms with Gasteiger partial charge in [0.15, 0.2) is 0 Å². The van der Waals surface area contributed by atoms with Gasteiger partial charge in [-0.3, -0.25) is 9.69 Å². The number of carbonyl (C=O) groups is 1. The van der Waals surface area contributed by atoms with E-state index in [1.165, 1.54) is 0 Å². The van der Waals surface area contributed by atoms with Gasteiger partial charge in [-0.25, -0.2) is 4.98 Å². The Morgan fingerprint density at radius 3 is 2.57 bits per heavy atom. The summed E-state index contributed by atoms with van der Waals surface area (Å²) in [7, 11) is 0. The average Bonchev–Trinajstić information content (AvgIpc) is 3.17. The molecule has 0 spiro atoms. The Labute approximate surface area is 188 Å². The Hall–Kier alpha value is -2.16. The van der Waals surface area contributed by atoms with Gasteiger partial charge in [-0.15, -0.1) is 24.8 Å². The summed E-state index contributed by atoms with van der Waals surface area (Å²) < 4.78 is 1.86. The molecular formula is C21H27Cl2N5O2. The monoisotopic (exact) mass is 451 g/mol. The lowest BCUT2D eigenvalue weighted by molar-refractivity contribution is 0.0842. The fraction of sp³-hybridized carbons (Fsp3) is 0.333. The van der Waals surface area contributed by atoms with Crippen molar-refractivity contribution >= 4 is 36.4 Å². The van der Waals surface area contributed by atoms with Crippen molar-refractivity contribution in [3.63, 3.8) is 0 Å². The predicted molar refractivity (Wildman–Crippen MR) is 123 cm³/mol. The van der Waals surface area contributed by atoms with Crippen LogP contribution in [0.4, 0.5) is 0 Å². The van der Waals surface area contributed by atoms with Crippen molar-refractivity contribution in [1.82, 2.24) is 24.9 Å². The molecule has 3 aromatic rings. The molecule has 1 aliphatic heterocycles. The number of nitrogens with zero attached hydrogens (tertiary/aromatic N) is 3. The van der Waals surface area contributed by atoms with Crippen LogP contribution in [0.3, 0.4) is 0 Å². The largest absolute Gasteiger partial charge is 0.390 e. The Bertz CT molecular complexity index is 945. The Morgan fingerprint density at radius 2 is 1.83 bits per heavy atom. The summed E-state index contributed by atoms with van der Waals surface area (Å²) in [4.78, 5) is 19.3. The van der Waals surface area contributed by atoms with E-state index in [9.17, 15) is 9.90 Å². The molecule has 0 bridgehead atoms. The Balaban J connectivity index is 0.00000160. The highest BCUT2D eigenvalue weighted by atomic mass is 35.5. The molecule has 0 radical (unpaired) electrons. The molecule has 4 rings (SSSR count). The van der Waals surface area contributed by atoms with E-state index in [-0.39, 0.29) is 37.3 Å². The molecule has 162 valence electrons. The van der Waals surface area contributed by atoms with E-state index in [1.54, 1.807) is 12.3 Å². The van der Waals surface area contributed by atoms with Gasteiger partial charge in [0.2, 0.25) is 0 Å². The number of aliphatic hydroxyl groups excluding tert-OH is 1. The first-order chi connectivity index (χ1) is 13.7. The third-order valence-electron chi connectivity index (χ3n) is 4.96. The maximum Gasteiger partial charge on any atom is 0.252 e. The molecule has 2 aromatic heterocycles. The second-order valence-corrected chi connectivity index (χ2v) is 7.09. The van der Waals surface area contributed by atoms with Gasteiger partial charge in [0, 0.05) is 57.2 Å². The number of nitrogens with one attached hydrogen (secondary N) is 2. The number of carbonyl (C=O) groups excluding carboxylic acids is 1. The molecule has 1 aliphatic rings. The highest BCUT2D eigenvalue weighted by Crippen LogP contribution is 2.19. The van der Waals surface area contributed by atoms with Gasteiger partial charge >= 0.3 is 0 Å². The molecule has 3 heterocycles. The quantitative estimate of drug-likeness (QED) is 0.532. The van der Waals surface area contributed by atoms with E-state index in [2.05, 4.69) is 20.5 Å². The average molecular weight is 452 g/mol. The molecule has 1 atom stereocenters. The van der Waals surface area contributed by atoms with Crippen LogP contribution in [0, 0.1) is 0 Å². The van der Waals surface area contributed by atoms with E-state index in [1.807, 2.05) is 47.0 Å². The van der Waals surface area contributed by atoms with Gasteiger partial charge in [0.05, 0.1) is 17.4 Å². The standard InChI is InChI=1S/C21H25N5O2.2ClH/c27-18(14-25-10-8-22-9-11-25)12-23-21(28)17-6-7-20-24-19(15-26(20)13-17)16-4-2-1-3-5-16;;/h1-7,13,15,18,22,27H,8-12,14H2,(H,23,28);2*1H. The minimum absolute atomic E-state index is 0. The Kier molecular flexibility index (Phi) is 9.08. The summed E-state index contributed by atoms with van der Waals surface area (Å²) in [6.07, 6.45) is 3.11. The van der Waals surface area contributed by atoms with Crippen molar-refractivity contribution in [3.8, 4) is 11.3 Å². The highest BCUT2D eigenvalue weighted by Gasteiger charge is 2.16. The lowest BCUT2D eigenvalue weighted by Crippen LogP contribution is -2.48. The zero-order valence-electron chi connectivity index (χ0n) is 16.5. The highest BCUT2D eigenvalue weighted by molar-refractivity contribution is 5.94. The summed E-state index contributed by atoms with van der Waals surface area (Å²) >= 11 is 0. The topological polar surface area (TPSA) is 81.9 Å². The number of piperazine rings is 1. The molecule has 30 heavy (non-hydrogen) atoms. The number of rotatable bonds is 6. The maximum atomic E-state index is 12.5. The number of benzene rings is 1. The molecular weight excluding hydrogens is 425 g/mol. The van der Waals surface area contributed by atoms with Gasteiger partial charge in [0.25, 0.3) is 5.91 Å². The van der Waals surface area contributed by atoms with E-state index < -0.39 is 6.10 Å². The molecule has 3 N–H and O–H groups in total. The van der Waals surface area contributed by atoms with Gasteiger partial charge in [-0.1, -0.05) is 30.3 Å². The summed E-state index contributed by atoms with van der Waals surface area (Å²) in [5.41, 5.74) is 3.23. The van der Waals surface area contributed by atoms with Crippen LogP contribution in [0.1, 0.15) is 10.4 Å². The van der Waals surface area contributed by atoms with Crippen molar-refractivity contribution in [2.45, 2.75) is 6.10 Å². The van der Waals surface area contributed by atoms with Crippen molar-refractivity contribution in [2.75, 3.05) is 39.3 Å². The smallest absolute Gasteiger partial charge is 0.252 e. The van der Waals surface area contributed by atoms with Crippen LogP contribution < -0.4 is 10.6 Å². The summed E-state index contributed by atoms with van der Waals surface area (Å²) in [5.74, 6) is -0.198. The second-order valence-electron chi connectivity index (χ2n) is 7.09. The van der Waals surface area contributed by atoms with Crippen LogP contribution in [-0.4, -0.2) is 70.7 Å². The molecule has 1 saturated heterocycles. The van der Waals surface area contributed by atoms with Gasteiger partial charge < -0.3 is 20.1 Å². The third-order valence-corrected chi connectivity index (χ3v) is 4.96. The number of halogens is 2. The third kappa shape index (κ3) is 5.93. The lowest BCUT2D eigenvalue weighted by atomic mass is 10.2. The molecule has 1 aromatic carbocycles. The van der Waals surface area contributed by atoms with Crippen LogP contribution >= 0.6 is 24.8 Å². The van der Waals surface area contributed by atoms with Crippen LogP contribution in [0.15, 0.2) is 54.9 Å². The zero-order chi connectivity index (χ0) is 19.3. The Morgan fingerprint density at radius 1 is 1.10 bits per heavy atom. The van der Waals surface area contributed by atoms with Crippen LogP contribution in [0.5, 0.6) is 0 Å². The summed E-state index contributed by atoms with van der Waals surface area (Å²) in [5, 5.41) is 16.3. The van der Waals surface area contributed by atoms with Crippen molar-refractivity contribution in [1.29, 1.82) is 0 Å². The zero-order valence-corrected chi connectivity index (χ0v) is 18.2. The number of amides is 1. The summed E-state index contributed by atoms with van der Waals surface area (Å²) in [6, 6.07) is 13.5. The van der Waals surface area contributed by atoms with Crippen LogP contribution in [-0.2, 0) is 0 Å². The number of aromatic nitrogens is 2. The second kappa shape index (κ2) is 11.3. The van der Waals surface area contributed by atoms with Crippen molar-refractivity contribution in [2.24, 2.45) is 0 Å². The minimum atomic E-state index is -0.580. The summed E-state index contributed by atoms with van der Waals surface area (Å²) in [6.45, 7) is 4.53. The fourth-order valence-electron chi connectivity index (χ4n) is 3.44. The molecule has 0 saturated carbocycles. The molecule has 0 aliphatic carbocycles. The molecule has 1 unspecified atom stereocenters. The maximum absolute atomic E-state index is 12.5. The number of hydrogen-bond acceptors (Lipinski definition) is 5. The number of pyridine rings is 1. The number of fused-ring (bicyclic) bond motifs is 1. The lowest BCUT2D eigenvalue weighted by Gasteiger charge is -2.29. The van der Waals surface area contributed by atoms with E-state index >= 15 is 0 Å². The van der Waals surface area contributed by atoms with Crippen LogP contribution in [0.25, 0.3) is 16.9 Å². The molecule has 7 nitrogen and oxygen atoms in total. The predicted octanol–water partition coefficient (Wildman–Crippen LogP) is 1.84. The number of aliphatic hydroxyl groups is 1. The van der Waals surface area contributed by atoms with Gasteiger partial charge in [-0.2, -0.15) is 0 Å². The molecule has 1 fully saturated rings. The van der Waals surface area contributed by atoms with Crippen molar-refractivity contribution in [3.05, 3.63) is 60.4 Å². The molecule has 1 amide bonds. The van der Waals surface area contributed by atoms with Crippen LogP contribution in [0.2, 0.25) is 0 Å².